The summed E-state index contributed by atoms with van der Waals surface area (Å²) in [6.07, 6.45) is 3.52. The Morgan fingerprint density at radius 2 is 2.00 bits per heavy atom. The highest BCUT2D eigenvalue weighted by molar-refractivity contribution is 7.91. The molecule has 0 bridgehead atoms. The highest BCUT2D eigenvalue weighted by atomic mass is 32.2. The van der Waals surface area contributed by atoms with Gasteiger partial charge in [-0.15, -0.1) is 0 Å². The molecule has 2 fully saturated rings. The summed E-state index contributed by atoms with van der Waals surface area (Å²) in [5, 5.41) is 0. The van der Waals surface area contributed by atoms with E-state index in [4.69, 9.17) is 0 Å². The van der Waals surface area contributed by atoms with Crippen molar-refractivity contribution in [1.29, 1.82) is 0 Å². The molecule has 1 atom stereocenters. The molecule has 12 heavy (non-hydrogen) atoms. The van der Waals surface area contributed by atoms with E-state index < -0.39 is 15.3 Å². The van der Waals surface area contributed by atoms with Crippen LogP contribution in [0.1, 0.15) is 19.3 Å². The molecule has 0 aromatic heterocycles. The van der Waals surface area contributed by atoms with Gasteiger partial charge in [-0.2, -0.15) is 0 Å². The average Bonchev–Trinajstić information content (AvgIpc) is 2.78. The lowest BCUT2D eigenvalue weighted by atomic mass is 9.84. The number of hydrogen-bond donors (Lipinski definition) is 0. The number of carbonyl (C=O) groups excluding carboxylic acids is 1. The molecule has 0 spiro atoms. The number of carbonyl (C=O) groups is 1. The van der Waals surface area contributed by atoms with Crippen molar-refractivity contribution in [3.8, 4) is 0 Å². The van der Waals surface area contributed by atoms with Crippen LogP contribution in [0.5, 0.6) is 0 Å². The van der Waals surface area contributed by atoms with Crippen LogP contribution in [0, 0.1) is 11.3 Å². The Balaban J connectivity index is 2.26. The molecule has 1 saturated heterocycles. The van der Waals surface area contributed by atoms with Crippen LogP contribution < -0.4 is 0 Å². The minimum atomic E-state index is -2.90. The predicted molar refractivity (Wildman–Crippen MR) is 44.5 cm³/mol. The van der Waals surface area contributed by atoms with Crippen molar-refractivity contribution in [2.24, 2.45) is 11.3 Å². The van der Waals surface area contributed by atoms with Crippen molar-refractivity contribution in [2.45, 2.75) is 19.3 Å². The van der Waals surface area contributed by atoms with E-state index in [2.05, 4.69) is 0 Å². The fraction of sp³-hybridized carbons (Fsp3) is 0.875. The Kier molecular flexibility index (Phi) is 1.59. The summed E-state index contributed by atoms with van der Waals surface area (Å²) in [5.41, 5.74) is -0.487. The molecule has 68 valence electrons. The van der Waals surface area contributed by atoms with Gasteiger partial charge in [0.05, 0.1) is 11.5 Å². The third kappa shape index (κ3) is 1.18. The first kappa shape index (κ1) is 8.23. The van der Waals surface area contributed by atoms with Crippen LogP contribution in [0.3, 0.4) is 0 Å². The monoisotopic (exact) mass is 188 g/mol. The molecule has 4 heteroatoms. The van der Waals surface area contributed by atoms with Crippen LogP contribution in [0.15, 0.2) is 0 Å². The van der Waals surface area contributed by atoms with Crippen molar-refractivity contribution in [3.63, 3.8) is 0 Å². The summed E-state index contributed by atoms with van der Waals surface area (Å²) in [4.78, 5) is 10.8. The maximum atomic E-state index is 11.2. The molecule has 1 unspecified atom stereocenters. The molecule has 1 aliphatic heterocycles. The Labute approximate surface area is 72.1 Å². The molecule has 2 rings (SSSR count). The van der Waals surface area contributed by atoms with Crippen molar-refractivity contribution >= 4 is 16.1 Å². The lowest BCUT2D eigenvalue weighted by Gasteiger charge is -2.18. The van der Waals surface area contributed by atoms with Gasteiger partial charge < -0.3 is 4.79 Å². The molecule has 1 aliphatic carbocycles. The zero-order chi connectivity index (χ0) is 8.82. The van der Waals surface area contributed by atoms with Crippen LogP contribution in [-0.2, 0) is 14.6 Å². The predicted octanol–water partition coefficient (Wildman–Crippen LogP) is 0.400. The molecule has 2 aliphatic rings. The smallest absolute Gasteiger partial charge is 0.151 e. The standard InChI is InChI=1S/C8H12O3S/c9-5-8(7-1-2-7)3-4-12(10,11)6-8/h5,7H,1-4,6H2. The van der Waals surface area contributed by atoms with Crippen LogP contribution >= 0.6 is 0 Å². The second-order valence-corrected chi connectivity index (χ2v) is 6.15. The van der Waals surface area contributed by atoms with Crippen molar-refractivity contribution < 1.29 is 13.2 Å². The summed E-state index contributed by atoms with van der Waals surface area (Å²) in [6, 6.07) is 0. The van der Waals surface area contributed by atoms with Gasteiger partial charge in [-0.3, -0.25) is 0 Å². The van der Waals surface area contributed by atoms with Gasteiger partial charge in [0.1, 0.15) is 6.29 Å². The van der Waals surface area contributed by atoms with E-state index in [0.29, 0.717) is 12.3 Å². The zero-order valence-corrected chi connectivity index (χ0v) is 7.64. The van der Waals surface area contributed by atoms with Gasteiger partial charge in [0.15, 0.2) is 9.84 Å². The van der Waals surface area contributed by atoms with Crippen molar-refractivity contribution in [1.82, 2.24) is 0 Å². The first-order valence-corrected chi connectivity index (χ1v) is 6.07. The third-order valence-corrected chi connectivity index (χ3v) is 4.80. The third-order valence-electron chi connectivity index (χ3n) is 2.99. The van der Waals surface area contributed by atoms with Crippen molar-refractivity contribution in [3.05, 3.63) is 0 Å². The van der Waals surface area contributed by atoms with E-state index in [1.165, 1.54) is 0 Å². The summed E-state index contributed by atoms with van der Waals surface area (Å²) in [7, 11) is -2.90. The van der Waals surface area contributed by atoms with Crippen LogP contribution in [0.25, 0.3) is 0 Å². The summed E-state index contributed by atoms with van der Waals surface area (Å²) in [6.45, 7) is 0. The van der Waals surface area contributed by atoms with E-state index in [1.54, 1.807) is 0 Å². The molecular formula is C8H12O3S. The van der Waals surface area contributed by atoms with Gasteiger partial charge >= 0.3 is 0 Å². The Bertz CT molecular complexity index is 302. The van der Waals surface area contributed by atoms with E-state index in [9.17, 15) is 13.2 Å². The van der Waals surface area contributed by atoms with Crippen LogP contribution in [0.2, 0.25) is 0 Å². The molecule has 0 aromatic carbocycles. The lowest BCUT2D eigenvalue weighted by Crippen LogP contribution is -2.26. The second-order valence-electron chi connectivity index (χ2n) is 3.97. The highest BCUT2D eigenvalue weighted by Gasteiger charge is 2.51. The molecule has 0 aromatic rings. The van der Waals surface area contributed by atoms with Gasteiger partial charge in [0.25, 0.3) is 0 Å². The largest absolute Gasteiger partial charge is 0.303 e. The zero-order valence-electron chi connectivity index (χ0n) is 6.82. The van der Waals surface area contributed by atoms with E-state index in [0.717, 1.165) is 19.1 Å². The fourth-order valence-electron chi connectivity index (χ4n) is 2.07. The molecule has 0 amide bonds. The first-order chi connectivity index (χ1) is 5.58. The first-order valence-electron chi connectivity index (χ1n) is 4.25. The maximum absolute atomic E-state index is 11.2. The SMILES string of the molecule is O=CC1(C2CC2)CCS(=O)(=O)C1. The molecule has 3 nitrogen and oxygen atoms in total. The topological polar surface area (TPSA) is 51.2 Å². The second kappa shape index (κ2) is 2.31. The molecular weight excluding hydrogens is 176 g/mol. The van der Waals surface area contributed by atoms with E-state index >= 15 is 0 Å². The Hall–Kier alpha value is -0.380. The molecule has 0 N–H and O–H groups in total. The summed E-state index contributed by atoms with van der Waals surface area (Å²) >= 11 is 0. The summed E-state index contributed by atoms with van der Waals surface area (Å²) < 4.78 is 22.4. The minimum Gasteiger partial charge on any atom is -0.303 e. The van der Waals surface area contributed by atoms with E-state index in [-0.39, 0.29) is 11.5 Å². The minimum absolute atomic E-state index is 0.105. The van der Waals surface area contributed by atoms with Crippen molar-refractivity contribution in [2.75, 3.05) is 11.5 Å². The number of sulfone groups is 1. The number of hydrogen-bond acceptors (Lipinski definition) is 3. The maximum Gasteiger partial charge on any atom is 0.151 e. The average molecular weight is 188 g/mol. The fourth-order valence-corrected chi connectivity index (χ4v) is 4.17. The Morgan fingerprint density at radius 3 is 2.33 bits per heavy atom. The highest BCUT2D eigenvalue weighted by Crippen LogP contribution is 2.50. The summed E-state index contributed by atoms with van der Waals surface area (Å²) in [5.74, 6) is 0.684. The molecule has 1 heterocycles. The normalized spacial score (nSPS) is 39.7. The quantitative estimate of drug-likeness (QED) is 0.589. The van der Waals surface area contributed by atoms with Gasteiger partial charge in [-0.05, 0) is 25.2 Å². The van der Waals surface area contributed by atoms with Gasteiger partial charge in [0.2, 0.25) is 0 Å². The van der Waals surface area contributed by atoms with E-state index in [1.807, 2.05) is 0 Å². The molecule has 0 radical (unpaired) electrons. The van der Waals surface area contributed by atoms with Crippen LogP contribution in [-0.4, -0.2) is 26.2 Å². The number of rotatable bonds is 2. The Morgan fingerprint density at radius 1 is 1.33 bits per heavy atom. The lowest BCUT2D eigenvalue weighted by molar-refractivity contribution is -0.116. The van der Waals surface area contributed by atoms with Crippen LogP contribution in [0.4, 0.5) is 0 Å². The van der Waals surface area contributed by atoms with Gasteiger partial charge in [-0.25, -0.2) is 8.42 Å². The van der Waals surface area contributed by atoms with Gasteiger partial charge in [-0.1, -0.05) is 0 Å². The van der Waals surface area contributed by atoms with Gasteiger partial charge in [0, 0.05) is 5.41 Å². The number of aldehydes is 1. The molecule has 1 saturated carbocycles.